The van der Waals surface area contributed by atoms with Gasteiger partial charge in [-0.2, -0.15) is 5.26 Å². The molecule has 0 aromatic carbocycles. The highest BCUT2D eigenvalue weighted by atomic mass is 32.1. The van der Waals surface area contributed by atoms with Crippen LogP contribution in [0.25, 0.3) is 11.6 Å². The summed E-state index contributed by atoms with van der Waals surface area (Å²) >= 11 is 1.09. The highest BCUT2D eigenvalue weighted by Gasteiger charge is 2.15. The standard InChI is InChI=1S/C19H20N4O3S/c1-3-10-23-18(25)16(12-14-7-4-5-8-21-14)27-19(23)15(13-20)17(24)22-9-6-11-26-2/h3-5,7-8,12H,1,6,9-11H2,2H3,(H,22,24)/b16-12-,19-15-. The second-order valence-electron chi connectivity index (χ2n) is 5.46. The van der Waals surface area contributed by atoms with Crippen LogP contribution in [0.15, 0.2) is 41.8 Å². The fraction of sp³-hybridized carbons (Fsp3) is 0.263. The number of aromatic nitrogens is 2. The first kappa shape index (κ1) is 20.3. The zero-order chi connectivity index (χ0) is 19.6. The third-order valence-electron chi connectivity index (χ3n) is 3.55. The minimum atomic E-state index is -0.517. The van der Waals surface area contributed by atoms with E-state index < -0.39 is 5.91 Å². The van der Waals surface area contributed by atoms with E-state index in [9.17, 15) is 14.9 Å². The lowest BCUT2D eigenvalue weighted by Gasteiger charge is -2.04. The van der Waals surface area contributed by atoms with Crippen molar-refractivity contribution in [3.63, 3.8) is 0 Å². The molecule has 0 aliphatic heterocycles. The quantitative estimate of drug-likeness (QED) is 0.516. The lowest BCUT2D eigenvalue weighted by Crippen LogP contribution is -2.35. The first-order chi connectivity index (χ1) is 13.1. The van der Waals surface area contributed by atoms with Gasteiger partial charge in [-0.1, -0.05) is 12.1 Å². The average Bonchev–Trinajstić information content (AvgIpc) is 2.97. The van der Waals surface area contributed by atoms with Gasteiger partial charge >= 0.3 is 0 Å². The van der Waals surface area contributed by atoms with Crippen molar-refractivity contribution < 1.29 is 9.53 Å². The van der Waals surface area contributed by atoms with Gasteiger partial charge < -0.3 is 10.1 Å². The van der Waals surface area contributed by atoms with Crippen molar-refractivity contribution >= 4 is 28.9 Å². The molecule has 0 bridgehead atoms. The van der Waals surface area contributed by atoms with Gasteiger partial charge in [0.25, 0.3) is 11.5 Å². The van der Waals surface area contributed by atoms with Crippen LogP contribution in [0.5, 0.6) is 0 Å². The van der Waals surface area contributed by atoms with Crippen molar-refractivity contribution in [2.45, 2.75) is 13.0 Å². The molecule has 0 unspecified atom stereocenters. The predicted octanol–water partition coefficient (Wildman–Crippen LogP) is 0.147. The topological polar surface area (TPSA) is 97.0 Å². The van der Waals surface area contributed by atoms with Crippen molar-refractivity contribution in [2.75, 3.05) is 20.3 Å². The maximum Gasteiger partial charge on any atom is 0.269 e. The number of thiazole rings is 1. The molecule has 0 fully saturated rings. The molecule has 8 heteroatoms. The van der Waals surface area contributed by atoms with E-state index >= 15 is 0 Å². The van der Waals surface area contributed by atoms with Gasteiger partial charge in [0.05, 0.1) is 10.2 Å². The Morgan fingerprint density at radius 1 is 1.52 bits per heavy atom. The van der Waals surface area contributed by atoms with Gasteiger partial charge in [-0.3, -0.25) is 19.1 Å². The summed E-state index contributed by atoms with van der Waals surface area (Å²) in [6, 6.07) is 7.29. The molecule has 2 aromatic rings. The van der Waals surface area contributed by atoms with E-state index in [2.05, 4.69) is 16.9 Å². The molecular formula is C19H20N4O3S. The van der Waals surface area contributed by atoms with Gasteiger partial charge in [0, 0.05) is 33.0 Å². The zero-order valence-corrected chi connectivity index (χ0v) is 15.8. The van der Waals surface area contributed by atoms with Gasteiger partial charge in [0.15, 0.2) is 5.57 Å². The largest absolute Gasteiger partial charge is 0.385 e. The second-order valence-corrected chi connectivity index (χ2v) is 6.49. The van der Waals surface area contributed by atoms with E-state index in [4.69, 9.17) is 4.74 Å². The van der Waals surface area contributed by atoms with E-state index in [0.29, 0.717) is 34.5 Å². The van der Waals surface area contributed by atoms with Crippen LogP contribution in [0.2, 0.25) is 0 Å². The Bertz CT molecular complexity index is 1020. The van der Waals surface area contributed by atoms with Crippen LogP contribution in [-0.4, -0.2) is 35.7 Å². The average molecular weight is 384 g/mol. The first-order valence-electron chi connectivity index (χ1n) is 8.27. The van der Waals surface area contributed by atoms with Crippen molar-refractivity contribution in [1.29, 1.82) is 5.26 Å². The Kier molecular flexibility index (Phi) is 7.67. The monoisotopic (exact) mass is 384 g/mol. The number of hydrogen-bond donors (Lipinski definition) is 1. The number of allylic oxidation sites excluding steroid dienone is 1. The Morgan fingerprint density at radius 3 is 2.96 bits per heavy atom. The van der Waals surface area contributed by atoms with E-state index in [1.807, 2.05) is 12.1 Å². The smallest absolute Gasteiger partial charge is 0.269 e. The number of amides is 1. The molecule has 2 aromatic heterocycles. The number of carbonyl (C=O) groups is 1. The Morgan fingerprint density at radius 2 is 2.33 bits per heavy atom. The lowest BCUT2D eigenvalue weighted by atomic mass is 10.3. The maximum atomic E-state index is 12.7. The molecule has 2 rings (SSSR count). The number of rotatable bonds is 8. The molecule has 27 heavy (non-hydrogen) atoms. The van der Waals surface area contributed by atoms with Crippen LogP contribution in [0.3, 0.4) is 0 Å². The first-order valence-corrected chi connectivity index (χ1v) is 9.08. The second kappa shape index (κ2) is 10.2. The van der Waals surface area contributed by atoms with Gasteiger partial charge in [0.2, 0.25) is 0 Å². The number of methoxy groups -OCH3 is 1. The number of pyridine rings is 1. The molecule has 0 aliphatic rings. The Hall–Kier alpha value is -3.02. The Labute approximate surface area is 160 Å². The SMILES string of the molecule is C=CCn1c(=O)/c(=C/c2ccccn2)s/c1=C(/C#N)C(=O)NCCCOC. The van der Waals surface area contributed by atoms with Gasteiger partial charge in [0.1, 0.15) is 10.7 Å². The van der Waals surface area contributed by atoms with Gasteiger partial charge in [-0.05, 0) is 24.6 Å². The molecule has 2 heterocycles. The molecule has 140 valence electrons. The molecule has 0 atom stereocenters. The normalized spacial score (nSPS) is 12.4. The van der Waals surface area contributed by atoms with Crippen molar-refractivity contribution in [3.05, 3.63) is 62.3 Å². The maximum absolute atomic E-state index is 12.7. The molecule has 0 saturated carbocycles. The number of hydrogen-bond acceptors (Lipinski definition) is 6. The third-order valence-corrected chi connectivity index (χ3v) is 4.68. The van der Waals surface area contributed by atoms with Crippen LogP contribution in [0, 0.1) is 11.3 Å². The van der Waals surface area contributed by atoms with Gasteiger partial charge in [-0.25, -0.2) is 0 Å². The minimum Gasteiger partial charge on any atom is -0.385 e. The van der Waals surface area contributed by atoms with Crippen LogP contribution in [0.4, 0.5) is 0 Å². The van der Waals surface area contributed by atoms with E-state index in [0.717, 1.165) is 11.3 Å². The molecule has 0 saturated heterocycles. The van der Waals surface area contributed by atoms with Crippen LogP contribution < -0.4 is 20.1 Å². The van der Waals surface area contributed by atoms with E-state index in [-0.39, 0.29) is 17.7 Å². The molecule has 0 spiro atoms. The lowest BCUT2D eigenvalue weighted by molar-refractivity contribution is -0.115. The predicted molar refractivity (Wildman–Crippen MR) is 104 cm³/mol. The highest BCUT2D eigenvalue weighted by molar-refractivity contribution is 7.07. The molecule has 0 radical (unpaired) electrons. The molecular weight excluding hydrogens is 364 g/mol. The van der Waals surface area contributed by atoms with Gasteiger partial charge in [-0.15, -0.1) is 17.9 Å². The fourth-order valence-electron chi connectivity index (χ4n) is 2.30. The summed E-state index contributed by atoms with van der Waals surface area (Å²) in [7, 11) is 1.58. The van der Waals surface area contributed by atoms with Crippen LogP contribution >= 0.6 is 11.3 Å². The van der Waals surface area contributed by atoms with Crippen molar-refractivity contribution in [1.82, 2.24) is 14.9 Å². The fourth-order valence-corrected chi connectivity index (χ4v) is 3.39. The zero-order valence-electron chi connectivity index (χ0n) is 15.0. The highest BCUT2D eigenvalue weighted by Crippen LogP contribution is 1.96. The summed E-state index contributed by atoms with van der Waals surface area (Å²) in [5.41, 5.74) is 0.230. The molecule has 0 aliphatic carbocycles. The summed E-state index contributed by atoms with van der Waals surface area (Å²) in [5, 5.41) is 12.2. The molecule has 1 N–H and O–H groups in total. The Balaban J connectivity index is 2.55. The number of nitrogens with zero attached hydrogens (tertiary/aromatic N) is 3. The summed E-state index contributed by atoms with van der Waals surface area (Å²) in [4.78, 5) is 29.3. The summed E-state index contributed by atoms with van der Waals surface area (Å²) in [6.45, 7) is 4.73. The molecule has 7 nitrogen and oxygen atoms in total. The summed E-state index contributed by atoms with van der Waals surface area (Å²) in [6.07, 6.45) is 5.45. The number of nitrogens with one attached hydrogen (secondary N) is 1. The number of carbonyl (C=O) groups excluding carboxylic acids is 1. The number of nitriles is 1. The minimum absolute atomic E-state index is 0.1000. The van der Waals surface area contributed by atoms with Crippen LogP contribution in [0.1, 0.15) is 12.1 Å². The van der Waals surface area contributed by atoms with Crippen molar-refractivity contribution in [2.24, 2.45) is 0 Å². The van der Waals surface area contributed by atoms with Crippen molar-refractivity contribution in [3.8, 4) is 6.07 Å². The number of ether oxygens (including phenoxy) is 1. The van der Waals surface area contributed by atoms with E-state index in [1.165, 1.54) is 4.57 Å². The summed E-state index contributed by atoms with van der Waals surface area (Å²) in [5.74, 6) is -0.517. The molecule has 1 amide bonds. The summed E-state index contributed by atoms with van der Waals surface area (Å²) < 4.78 is 7.00. The van der Waals surface area contributed by atoms with Crippen LogP contribution in [-0.2, 0) is 16.1 Å². The third kappa shape index (κ3) is 5.23. The van der Waals surface area contributed by atoms with E-state index in [1.54, 1.807) is 37.6 Å².